The maximum Gasteiger partial charge on any atom is 0.407 e. The van der Waals surface area contributed by atoms with Crippen LogP contribution in [0.5, 0.6) is 0 Å². The molecule has 2 unspecified atom stereocenters. The van der Waals surface area contributed by atoms with Crippen molar-refractivity contribution in [1.29, 1.82) is 0 Å². The van der Waals surface area contributed by atoms with Crippen LogP contribution in [0.25, 0.3) is 0 Å². The molecule has 2 atom stereocenters. The van der Waals surface area contributed by atoms with Crippen LogP contribution in [0.2, 0.25) is 0 Å². The Labute approximate surface area is 134 Å². The van der Waals surface area contributed by atoms with Crippen LogP contribution >= 0.6 is 0 Å². The molecular weight excluding hydrogens is 302 g/mol. The molecule has 128 valence electrons. The van der Waals surface area contributed by atoms with Crippen LogP contribution in [0, 0.1) is 0 Å². The molecule has 0 bridgehead atoms. The number of carbonyl (C=O) groups is 2. The molecule has 1 amide bonds. The van der Waals surface area contributed by atoms with Crippen molar-refractivity contribution in [2.24, 2.45) is 0 Å². The van der Waals surface area contributed by atoms with Gasteiger partial charge in [-0.1, -0.05) is 24.3 Å². The molecule has 1 rings (SSSR count). The van der Waals surface area contributed by atoms with E-state index in [4.69, 9.17) is 9.84 Å². The topological polar surface area (TPSA) is 116 Å². The van der Waals surface area contributed by atoms with Gasteiger partial charge in [-0.25, -0.2) is 4.79 Å². The number of rotatable bonds is 6. The molecule has 0 saturated carbocycles. The number of hydrogen-bond donors (Lipinski definition) is 4. The van der Waals surface area contributed by atoms with E-state index < -0.39 is 29.9 Å². The summed E-state index contributed by atoms with van der Waals surface area (Å²) in [5.41, 5.74) is 0.376. The van der Waals surface area contributed by atoms with Gasteiger partial charge in [-0.05, 0) is 31.9 Å². The van der Waals surface area contributed by atoms with Crippen LogP contribution in [0.3, 0.4) is 0 Å². The lowest BCUT2D eigenvalue weighted by atomic mass is 10.0. The number of carboxylic acid groups (broad SMARTS) is 1. The van der Waals surface area contributed by atoms with Gasteiger partial charge in [-0.2, -0.15) is 0 Å². The summed E-state index contributed by atoms with van der Waals surface area (Å²) in [4.78, 5) is 22.1. The summed E-state index contributed by atoms with van der Waals surface area (Å²) in [7, 11) is 0. The molecule has 7 nitrogen and oxygen atoms in total. The number of ether oxygens (including phenoxy) is 1. The Hall–Kier alpha value is -2.12. The highest BCUT2D eigenvalue weighted by atomic mass is 16.6. The second kappa shape index (κ2) is 7.94. The number of hydrogen-bond acceptors (Lipinski definition) is 5. The van der Waals surface area contributed by atoms with Crippen molar-refractivity contribution in [2.45, 2.75) is 45.0 Å². The summed E-state index contributed by atoms with van der Waals surface area (Å²) in [6.07, 6.45) is -3.21. The van der Waals surface area contributed by atoms with Gasteiger partial charge in [0.25, 0.3) is 0 Å². The minimum Gasteiger partial charge on any atom is -0.481 e. The first-order valence-electron chi connectivity index (χ1n) is 7.22. The number of amides is 1. The zero-order chi connectivity index (χ0) is 17.6. The van der Waals surface area contributed by atoms with Crippen molar-refractivity contribution in [3.8, 4) is 0 Å². The van der Waals surface area contributed by atoms with E-state index in [2.05, 4.69) is 5.32 Å². The Bertz CT molecular complexity index is 534. The minimum atomic E-state index is -1.21. The Kier molecular flexibility index (Phi) is 6.53. The van der Waals surface area contributed by atoms with Gasteiger partial charge in [0, 0.05) is 6.54 Å². The molecule has 0 aliphatic heterocycles. The summed E-state index contributed by atoms with van der Waals surface area (Å²) in [6, 6.07) is 6.22. The van der Waals surface area contributed by atoms with Gasteiger partial charge < -0.3 is 25.4 Å². The summed E-state index contributed by atoms with van der Waals surface area (Å²) in [5.74, 6) is -0.945. The second-order valence-electron chi connectivity index (χ2n) is 6.21. The maximum absolute atomic E-state index is 11.5. The van der Waals surface area contributed by atoms with Crippen molar-refractivity contribution in [2.75, 3.05) is 6.54 Å². The van der Waals surface area contributed by atoms with Crippen LogP contribution in [0.15, 0.2) is 24.3 Å². The van der Waals surface area contributed by atoms with Crippen LogP contribution in [-0.2, 0) is 16.0 Å². The van der Waals surface area contributed by atoms with E-state index in [9.17, 15) is 19.8 Å². The number of benzene rings is 1. The molecule has 4 N–H and O–H groups in total. The van der Waals surface area contributed by atoms with Crippen LogP contribution in [0.1, 0.15) is 38.0 Å². The predicted octanol–water partition coefficient (Wildman–Crippen LogP) is 1.23. The number of alkyl carbamates (subject to hydrolysis) is 1. The van der Waals surface area contributed by atoms with E-state index in [1.165, 1.54) is 0 Å². The van der Waals surface area contributed by atoms with Gasteiger partial charge in [0.1, 0.15) is 17.8 Å². The van der Waals surface area contributed by atoms with Crippen LogP contribution in [0.4, 0.5) is 4.79 Å². The first-order valence-corrected chi connectivity index (χ1v) is 7.22. The van der Waals surface area contributed by atoms with Crippen molar-refractivity contribution in [3.63, 3.8) is 0 Å². The molecule has 23 heavy (non-hydrogen) atoms. The minimum absolute atomic E-state index is 0.112. The molecule has 0 saturated heterocycles. The quantitative estimate of drug-likeness (QED) is 0.625. The number of carbonyl (C=O) groups excluding carboxylic acids is 1. The fourth-order valence-electron chi connectivity index (χ4n) is 1.84. The summed E-state index contributed by atoms with van der Waals surface area (Å²) in [5, 5.41) is 31.0. The fourth-order valence-corrected chi connectivity index (χ4v) is 1.84. The first kappa shape index (κ1) is 18.9. The molecule has 0 aliphatic rings. The van der Waals surface area contributed by atoms with Crippen LogP contribution in [-0.4, -0.2) is 45.6 Å². The number of aliphatic carboxylic acids is 1. The standard InChI is InChI=1S/C16H23NO6/c1-16(2,3)23-15(22)17-9-12(18)14(21)11-6-4-10(5-7-11)8-13(19)20/h4-7,12,14,18,21H,8-9H2,1-3H3,(H,17,22)(H,19,20). The highest BCUT2D eigenvalue weighted by Crippen LogP contribution is 2.18. The molecule has 0 fully saturated rings. The van der Waals surface area contributed by atoms with E-state index in [0.717, 1.165) is 0 Å². The normalized spacial score (nSPS) is 14.0. The van der Waals surface area contributed by atoms with Gasteiger partial charge in [0.05, 0.1) is 6.42 Å². The maximum atomic E-state index is 11.5. The smallest absolute Gasteiger partial charge is 0.407 e. The number of carboxylic acids is 1. The molecule has 1 aromatic rings. The molecule has 0 radical (unpaired) electrons. The van der Waals surface area contributed by atoms with Gasteiger partial charge in [-0.3, -0.25) is 4.79 Å². The highest BCUT2D eigenvalue weighted by Gasteiger charge is 2.21. The van der Waals surface area contributed by atoms with E-state index in [-0.39, 0.29) is 13.0 Å². The van der Waals surface area contributed by atoms with E-state index >= 15 is 0 Å². The monoisotopic (exact) mass is 325 g/mol. The average molecular weight is 325 g/mol. The third-order valence-electron chi connectivity index (χ3n) is 2.90. The van der Waals surface area contributed by atoms with E-state index in [1.807, 2.05) is 0 Å². The molecule has 0 aliphatic carbocycles. The zero-order valence-electron chi connectivity index (χ0n) is 13.4. The Balaban J connectivity index is 2.54. The Morgan fingerprint density at radius 3 is 2.22 bits per heavy atom. The molecule has 0 spiro atoms. The number of nitrogens with one attached hydrogen (secondary N) is 1. The fraction of sp³-hybridized carbons (Fsp3) is 0.500. The van der Waals surface area contributed by atoms with E-state index in [1.54, 1.807) is 45.0 Å². The SMILES string of the molecule is CC(C)(C)OC(=O)NCC(O)C(O)c1ccc(CC(=O)O)cc1. The molecule has 0 heterocycles. The summed E-state index contributed by atoms with van der Waals surface area (Å²) < 4.78 is 5.03. The van der Waals surface area contributed by atoms with Gasteiger partial charge in [0.2, 0.25) is 0 Å². The Morgan fingerprint density at radius 2 is 1.74 bits per heavy atom. The first-order chi connectivity index (χ1) is 10.6. The van der Waals surface area contributed by atoms with Gasteiger partial charge >= 0.3 is 12.1 Å². The lowest BCUT2D eigenvalue weighted by Gasteiger charge is -2.22. The number of aliphatic hydroxyl groups is 2. The number of aliphatic hydroxyl groups excluding tert-OH is 2. The average Bonchev–Trinajstić information content (AvgIpc) is 2.42. The third kappa shape index (κ3) is 7.12. The van der Waals surface area contributed by atoms with Crippen molar-refractivity contribution < 1.29 is 29.6 Å². The Morgan fingerprint density at radius 1 is 1.17 bits per heavy atom. The van der Waals surface area contributed by atoms with Crippen molar-refractivity contribution in [3.05, 3.63) is 35.4 Å². The molecule has 0 aromatic heterocycles. The second-order valence-corrected chi connectivity index (χ2v) is 6.21. The lowest BCUT2D eigenvalue weighted by molar-refractivity contribution is -0.136. The zero-order valence-corrected chi connectivity index (χ0v) is 13.4. The molecule has 7 heteroatoms. The lowest BCUT2D eigenvalue weighted by Crippen LogP contribution is -2.38. The van der Waals surface area contributed by atoms with Crippen LogP contribution < -0.4 is 5.32 Å². The molecule has 1 aromatic carbocycles. The van der Waals surface area contributed by atoms with Gasteiger partial charge in [0.15, 0.2) is 0 Å². The van der Waals surface area contributed by atoms with Crippen molar-refractivity contribution in [1.82, 2.24) is 5.32 Å². The predicted molar refractivity (Wildman–Crippen MR) is 83.0 cm³/mol. The van der Waals surface area contributed by atoms with Gasteiger partial charge in [-0.15, -0.1) is 0 Å². The summed E-state index contributed by atoms with van der Waals surface area (Å²) in [6.45, 7) is 4.98. The molecular formula is C16H23NO6. The summed E-state index contributed by atoms with van der Waals surface area (Å²) >= 11 is 0. The highest BCUT2D eigenvalue weighted by molar-refractivity contribution is 5.70. The van der Waals surface area contributed by atoms with Crippen molar-refractivity contribution >= 4 is 12.1 Å². The third-order valence-corrected chi connectivity index (χ3v) is 2.90. The largest absolute Gasteiger partial charge is 0.481 e. The van der Waals surface area contributed by atoms with E-state index in [0.29, 0.717) is 11.1 Å².